The molecule has 0 saturated heterocycles. The van der Waals surface area contributed by atoms with Gasteiger partial charge in [0.1, 0.15) is 0 Å². The highest BCUT2D eigenvalue weighted by Gasteiger charge is 2.28. The number of aliphatic hydroxyl groups excluding tert-OH is 1. The molecule has 0 fully saturated rings. The van der Waals surface area contributed by atoms with E-state index in [9.17, 15) is 9.90 Å². The maximum absolute atomic E-state index is 10.6. The van der Waals surface area contributed by atoms with Crippen molar-refractivity contribution in [3.8, 4) is 0 Å². The largest absolute Gasteiger partial charge is 0.481 e. The normalized spacial score (nSPS) is 16.4. The van der Waals surface area contributed by atoms with Crippen LogP contribution >= 0.6 is 11.6 Å². The molecule has 0 aliphatic carbocycles. The molecular weight excluding hydrogens is 204 g/mol. The summed E-state index contributed by atoms with van der Waals surface area (Å²) in [7, 11) is 0. The molecule has 0 heterocycles. The lowest BCUT2D eigenvalue weighted by Crippen LogP contribution is -2.28. The number of aliphatic carboxylic acids is 1. The first-order valence-corrected chi connectivity index (χ1v) is 5.26. The summed E-state index contributed by atoms with van der Waals surface area (Å²) in [5.74, 6) is -0.716. The van der Waals surface area contributed by atoms with Crippen LogP contribution in [0.4, 0.5) is 0 Å². The van der Waals surface area contributed by atoms with Crippen LogP contribution in [0.5, 0.6) is 0 Å². The summed E-state index contributed by atoms with van der Waals surface area (Å²) in [6.07, 6.45) is -0.0863. The molecule has 0 amide bonds. The van der Waals surface area contributed by atoms with Crippen molar-refractivity contribution in [3.63, 3.8) is 0 Å². The summed E-state index contributed by atoms with van der Waals surface area (Å²) < 4.78 is 0. The molecule has 2 atom stereocenters. The number of halogens is 1. The number of carboxylic acids is 1. The van der Waals surface area contributed by atoms with E-state index in [1.807, 2.05) is 20.8 Å². The molecule has 3 nitrogen and oxygen atoms in total. The van der Waals surface area contributed by atoms with E-state index in [1.165, 1.54) is 0 Å². The van der Waals surface area contributed by atoms with Crippen molar-refractivity contribution >= 4 is 17.6 Å². The van der Waals surface area contributed by atoms with Gasteiger partial charge in [0.15, 0.2) is 0 Å². The molecule has 1 unspecified atom stereocenters. The second-order valence-electron chi connectivity index (χ2n) is 4.70. The Labute approximate surface area is 90.1 Å². The van der Waals surface area contributed by atoms with Crippen LogP contribution < -0.4 is 0 Å². The van der Waals surface area contributed by atoms with E-state index in [0.29, 0.717) is 6.42 Å². The number of hydrogen-bond donors (Lipinski definition) is 2. The van der Waals surface area contributed by atoms with Crippen LogP contribution in [0.3, 0.4) is 0 Å². The van der Waals surface area contributed by atoms with Crippen molar-refractivity contribution in [1.82, 2.24) is 0 Å². The summed E-state index contributed by atoms with van der Waals surface area (Å²) in [5, 5.41) is 18.1. The van der Waals surface area contributed by atoms with E-state index < -0.39 is 12.1 Å². The van der Waals surface area contributed by atoms with E-state index in [2.05, 4.69) is 0 Å². The van der Waals surface area contributed by atoms with Gasteiger partial charge in [-0.3, -0.25) is 4.79 Å². The molecule has 0 aliphatic rings. The lowest BCUT2D eigenvalue weighted by Gasteiger charge is -2.30. The Balaban J connectivity index is 4.33. The van der Waals surface area contributed by atoms with Gasteiger partial charge in [0, 0.05) is 12.3 Å². The van der Waals surface area contributed by atoms with Crippen molar-refractivity contribution in [2.24, 2.45) is 11.3 Å². The highest BCUT2D eigenvalue weighted by atomic mass is 35.5. The molecule has 0 saturated carbocycles. The van der Waals surface area contributed by atoms with E-state index in [-0.39, 0.29) is 23.6 Å². The predicted octanol–water partition coefficient (Wildman–Crippen LogP) is 2.11. The molecule has 0 bridgehead atoms. The van der Waals surface area contributed by atoms with Gasteiger partial charge in [0.2, 0.25) is 0 Å². The van der Waals surface area contributed by atoms with E-state index in [4.69, 9.17) is 16.7 Å². The van der Waals surface area contributed by atoms with E-state index >= 15 is 0 Å². The molecular formula is C10H19ClO3. The van der Waals surface area contributed by atoms with E-state index in [1.54, 1.807) is 0 Å². The maximum atomic E-state index is 10.6. The highest BCUT2D eigenvalue weighted by Crippen LogP contribution is 2.32. The van der Waals surface area contributed by atoms with Crippen molar-refractivity contribution < 1.29 is 15.0 Å². The Bertz CT molecular complexity index is 186. The third-order valence-corrected chi connectivity index (χ3v) is 2.74. The fraction of sp³-hybridized carbons (Fsp3) is 0.900. The van der Waals surface area contributed by atoms with Gasteiger partial charge in [-0.25, -0.2) is 0 Å². The van der Waals surface area contributed by atoms with Gasteiger partial charge in [0.05, 0.1) is 6.10 Å². The quantitative estimate of drug-likeness (QED) is 0.701. The number of rotatable bonds is 5. The van der Waals surface area contributed by atoms with Crippen molar-refractivity contribution in [1.29, 1.82) is 0 Å². The van der Waals surface area contributed by atoms with Crippen LogP contribution in [0.2, 0.25) is 0 Å². The molecule has 0 aromatic heterocycles. The monoisotopic (exact) mass is 222 g/mol. The first-order valence-electron chi connectivity index (χ1n) is 4.73. The molecule has 84 valence electrons. The van der Waals surface area contributed by atoms with Gasteiger partial charge in [-0.1, -0.05) is 20.8 Å². The summed E-state index contributed by atoms with van der Waals surface area (Å²) in [5.41, 5.74) is -0.120. The van der Waals surface area contributed by atoms with Crippen LogP contribution in [0.15, 0.2) is 0 Å². The number of hydrogen-bond acceptors (Lipinski definition) is 2. The van der Waals surface area contributed by atoms with E-state index in [0.717, 1.165) is 0 Å². The van der Waals surface area contributed by atoms with Gasteiger partial charge < -0.3 is 10.2 Å². The zero-order chi connectivity index (χ0) is 11.4. The van der Waals surface area contributed by atoms with Gasteiger partial charge >= 0.3 is 5.97 Å². The molecule has 0 aliphatic heterocycles. The highest BCUT2D eigenvalue weighted by molar-refractivity contribution is 6.18. The minimum absolute atomic E-state index is 0.0475. The van der Waals surface area contributed by atoms with Gasteiger partial charge in [-0.05, 0) is 17.8 Å². The minimum Gasteiger partial charge on any atom is -0.481 e. The lowest BCUT2D eigenvalue weighted by atomic mass is 9.76. The van der Waals surface area contributed by atoms with Crippen LogP contribution in [-0.4, -0.2) is 28.2 Å². The fourth-order valence-corrected chi connectivity index (χ4v) is 1.47. The molecule has 0 aromatic rings. The first-order chi connectivity index (χ1) is 6.27. The van der Waals surface area contributed by atoms with Crippen molar-refractivity contribution in [3.05, 3.63) is 0 Å². The average molecular weight is 223 g/mol. The molecule has 0 aromatic carbocycles. The number of carboxylic acid groups (broad SMARTS) is 1. The second kappa shape index (κ2) is 5.56. The SMILES string of the molecule is CC(C)(C)C(CC(=O)O)C[C@@H](O)CCl. The Kier molecular flexibility index (Phi) is 5.45. The molecule has 0 radical (unpaired) electrons. The third-order valence-electron chi connectivity index (χ3n) is 2.38. The van der Waals surface area contributed by atoms with Gasteiger partial charge in [-0.15, -0.1) is 11.6 Å². The van der Waals surface area contributed by atoms with Crippen molar-refractivity contribution in [2.45, 2.75) is 39.7 Å². The topological polar surface area (TPSA) is 57.5 Å². The molecule has 0 rings (SSSR count). The molecule has 14 heavy (non-hydrogen) atoms. The Morgan fingerprint density at radius 1 is 1.43 bits per heavy atom. The van der Waals surface area contributed by atoms with Crippen LogP contribution in [0.1, 0.15) is 33.6 Å². The zero-order valence-corrected chi connectivity index (χ0v) is 9.71. The Morgan fingerprint density at radius 3 is 2.21 bits per heavy atom. The summed E-state index contributed by atoms with van der Waals surface area (Å²) in [6, 6.07) is 0. The third kappa shape index (κ3) is 5.45. The fourth-order valence-electron chi connectivity index (χ4n) is 1.35. The predicted molar refractivity (Wildman–Crippen MR) is 56.5 cm³/mol. The average Bonchev–Trinajstić information content (AvgIpc) is 2.00. The summed E-state index contributed by atoms with van der Waals surface area (Å²) in [6.45, 7) is 5.92. The number of aliphatic hydroxyl groups is 1. The summed E-state index contributed by atoms with van der Waals surface area (Å²) in [4.78, 5) is 10.6. The van der Waals surface area contributed by atoms with Crippen LogP contribution in [0.25, 0.3) is 0 Å². The van der Waals surface area contributed by atoms with Gasteiger partial charge in [0.25, 0.3) is 0 Å². The summed E-state index contributed by atoms with van der Waals surface area (Å²) >= 11 is 5.49. The lowest BCUT2D eigenvalue weighted by molar-refractivity contribution is -0.139. The Morgan fingerprint density at radius 2 is 1.93 bits per heavy atom. The first kappa shape index (κ1) is 13.7. The standard InChI is InChI=1S/C10H19ClO3/c1-10(2,3)7(5-9(13)14)4-8(12)6-11/h7-8,12H,4-6H2,1-3H3,(H,13,14)/t7?,8-/m1/s1. The van der Waals surface area contributed by atoms with Gasteiger partial charge in [-0.2, -0.15) is 0 Å². The molecule has 2 N–H and O–H groups in total. The number of alkyl halides is 1. The molecule has 0 spiro atoms. The molecule has 4 heteroatoms. The van der Waals surface area contributed by atoms with Crippen LogP contribution in [0, 0.1) is 11.3 Å². The minimum atomic E-state index is -0.827. The second-order valence-corrected chi connectivity index (χ2v) is 5.01. The Hall–Kier alpha value is -0.280. The number of carbonyl (C=O) groups is 1. The van der Waals surface area contributed by atoms with Crippen molar-refractivity contribution in [2.75, 3.05) is 5.88 Å². The maximum Gasteiger partial charge on any atom is 0.303 e. The smallest absolute Gasteiger partial charge is 0.303 e. The zero-order valence-electron chi connectivity index (χ0n) is 8.96. The van der Waals surface area contributed by atoms with Crippen LogP contribution in [-0.2, 0) is 4.79 Å².